The summed E-state index contributed by atoms with van der Waals surface area (Å²) < 4.78 is 3.04. The Morgan fingerprint density at radius 3 is 1.92 bits per heavy atom. The molecule has 0 atom stereocenters. The van der Waals surface area contributed by atoms with E-state index in [1.807, 2.05) is 24.3 Å². The van der Waals surface area contributed by atoms with Gasteiger partial charge in [-0.15, -0.1) is 0 Å². The Hall–Kier alpha value is -2.27. The topological polar surface area (TPSA) is 58.3 Å². The fourth-order valence-electron chi connectivity index (χ4n) is 2.99. The minimum atomic E-state index is 0.243. The van der Waals surface area contributed by atoms with Crippen molar-refractivity contribution in [2.75, 3.05) is 0 Å². The number of nitrogens with zero attached hydrogens (tertiary/aromatic N) is 2. The first kappa shape index (κ1) is 15.3. The summed E-state index contributed by atoms with van der Waals surface area (Å²) in [5.41, 5.74) is 3.87. The number of aromatic hydroxyl groups is 2. The summed E-state index contributed by atoms with van der Waals surface area (Å²) in [5.74, 6) is 0.496. The predicted molar refractivity (Wildman–Crippen MR) is 97.0 cm³/mol. The monoisotopic (exact) mass is 384 g/mol. The summed E-state index contributed by atoms with van der Waals surface area (Å²) in [7, 11) is 0. The SMILES string of the molecule is Oc1ccc(-c2nn(C3CCC3)c(-c3ccc(O)cc3)c2Br)cc1. The first-order chi connectivity index (χ1) is 11.6. The van der Waals surface area contributed by atoms with Crippen molar-refractivity contribution in [1.29, 1.82) is 0 Å². The van der Waals surface area contributed by atoms with Gasteiger partial charge >= 0.3 is 0 Å². The minimum Gasteiger partial charge on any atom is -0.508 e. The lowest BCUT2D eigenvalue weighted by molar-refractivity contribution is 0.292. The zero-order valence-corrected chi connectivity index (χ0v) is 14.6. The summed E-state index contributed by atoms with van der Waals surface area (Å²) in [6.07, 6.45) is 3.49. The van der Waals surface area contributed by atoms with Gasteiger partial charge in [0.15, 0.2) is 0 Å². The molecule has 0 amide bonds. The van der Waals surface area contributed by atoms with Gasteiger partial charge in [0.25, 0.3) is 0 Å². The predicted octanol–water partition coefficient (Wildman–Crippen LogP) is 5.12. The number of halogens is 1. The van der Waals surface area contributed by atoms with Crippen molar-refractivity contribution in [2.24, 2.45) is 0 Å². The Labute approximate surface area is 148 Å². The molecule has 24 heavy (non-hydrogen) atoms. The Kier molecular flexibility index (Phi) is 3.81. The molecule has 1 aliphatic carbocycles. The number of benzene rings is 2. The molecule has 1 saturated carbocycles. The number of rotatable bonds is 3. The molecule has 1 aromatic heterocycles. The van der Waals surface area contributed by atoms with E-state index in [0.29, 0.717) is 6.04 Å². The van der Waals surface area contributed by atoms with Crippen molar-refractivity contribution in [3.8, 4) is 34.0 Å². The lowest BCUT2D eigenvalue weighted by Gasteiger charge is -2.27. The molecule has 122 valence electrons. The van der Waals surface area contributed by atoms with Gasteiger partial charge in [-0.1, -0.05) is 0 Å². The number of hydrogen-bond donors (Lipinski definition) is 2. The molecule has 0 aliphatic heterocycles. The summed E-state index contributed by atoms with van der Waals surface area (Å²) >= 11 is 3.73. The Morgan fingerprint density at radius 1 is 0.875 bits per heavy atom. The first-order valence-electron chi connectivity index (χ1n) is 8.00. The summed E-state index contributed by atoms with van der Waals surface area (Å²) in [6.45, 7) is 0. The molecule has 1 heterocycles. The molecule has 2 N–H and O–H groups in total. The quantitative estimate of drug-likeness (QED) is 0.658. The van der Waals surface area contributed by atoms with Crippen LogP contribution < -0.4 is 0 Å². The van der Waals surface area contributed by atoms with E-state index in [2.05, 4.69) is 20.6 Å². The van der Waals surface area contributed by atoms with Crippen LogP contribution in [0.15, 0.2) is 53.0 Å². The van der Waals surface area contributed by atoms with Gasteiger partial charge in [0.05, 0.1) is 16.2 Å². The van der Waals surface area contributed by atoms with Crippen molar-refractivity contribution in [3.63, 3.8) is 0 Å². The molecule has 2 aromatic carbocycles. The number of phenolic OH excluding ortho intramolecular Hbond substituents is 2. The maximum atomic E-state index is 9.56. The van der Waals surface area contributed by atoms with Crippen LogP contribution in [0.5, 0.6) is 11.5 Å². The average molecular weight is 385 g/mol. The lowest BCUT2D eigenvalue weighted by atomic mass is 9.93. The van der Waals surface area contributed by atoms with Crippen LogP contribution in [0.3, 0.4) is 0 Å². The molecule has 4 nitrogen and oxygen atoms in total. The zero-order chi connectivity index (χ0) is 16.7. The summed E-state index contributed by atoms with van der Waals surface area (Å²) in [5, 5.41) is 23.9. The molecule has 3 aromatic rings. The number of phenols is 2. The van der Waals surface area contributed by atoms with Crippen LogP contribution in [0.25, 0.3) is 22.5 Å². The normalized spacial score (nSPS) is 14.5. The fraction of sp³-hybridized carbons (Fsp3) is 0.211. The van der Waals surface area contributed by atoms with Gasteiger partial charge in [-0.3, -0.25) is 4.68 Å². The van der Waals surface area contributed by atoms with E-state index >= 15 is 0 Å². The highest BCUT2D eigenvalue weighted by Gasteiger charge is 2.27. The molecule has 0 unspecified atom stereocenters. The highest BCUT2D eigenvalue weighted by molar-refractivity contribution is 9.10. The van der Waals surface area contributed by atoms with E-state index in [9.17, 15) is 10.2 Å². The minimum absolute atomic E-state index is 0.243. The Balaban J connectivity index is 1.87. The van der Waals surface area contributed by atoms with E-state index in [1.165, 1.54) is 6.42 Å². The molecule has 5 heteroatoms. The zero-order valence-electron chi connectivity index (χ0n) is 13.0. The van der Waals surface area contributed by atoms with Crippen LogP contribution in [-0.4, -0.2) is 20.0 Å². The van der Waals surface area contributed by atoms with Crippen molar-refractivity contribution >= 4 is 15.9 Å². The van der Waals surface area contributed by atoms with Crippen LogP contribution in [0.2, 0.25) is 0 Å². The van der Waals surface area contributed by atoms with Crippen LogP contribution in [0.1, 0.15) is 25.3 Å². The molecular formula is C19H17BrN2O2. The van der Waals surface area contributed by atoms with Gasteiger partial charge in [0.1, 0.15) is 17.2 Å². The molecule has 1 fully saturated rings. The third-order valence-corrected chi connectivity index (χ3v) is 5.31. The average Bonchev–Trinajstić information content (AvgIpc) is 2.85. The molecule has 0 saturated heterocycles. The van der Waals surface area contributed by atoms with Crippen LogP contribution in [-0.2, 0) is 0 Å². The highest BCUT2D eigenvalue weighted by Crippen LogP contribution is 2.42. The van der Waals surface area contributed by atoms with Crippen molar-refractivity contribution in [3.05, 3.63) is 53.0 Å². The molecule has 0 spiro atoms. The van der Waals surface area contributed by atoms with E-state index in [0.717, 1.165) is 39.8 Å². The Bertz CT molecular complexity index is 866. The standard InChI is InChI=1S/C19H17BrN2O2/c20-17-18(12-4-8-15(23)9-5-12)21-22(14-2-1-3-14)19(17)13-6-10-16(24)11-7-13/h4-11,14,23-24H,1-3H2. The Morgan fingerprint density at radius 2 is 1.42 bits per heavy atom. The van der Waals surface area contributed by atoms with E-state index in [-0.39, 0.29) is 11.5 Å². The van der Waals surface area contributed by atoms with Gasteiger partial charge < -0.3 is 10.2 Å². The van der Waals surface area contributed by atoms with Crippen molar-refractivity contribution < 1.29 is 10.2 Å². The second-order valence-electron chi connectivity index (χ2n) is 6.13. The third kappa shape index (κ3) is 2.59. The molecule has 0 radical (unpaired) electrons. The van der Waals surface area contributed by atoms with Crippen LogP contribution >= 0.6 is 15.9 Å². The number of hydrogen-bond acceptors (Lipinski definition) is 3. The van der Waals surface area contributed by atoms with Crippen LogP contribution in [0.4, 0.5) is 0 Å². The van der Waals surface area contributed by atoms with E-state index in [1.54, 1.807) is 24.3 Å². The van der Waals surface area contributed by atoms with Gasteiger partial charge in [0, 0.05) is 11.1 Å². The maximum Gasteiger partial charge on any atom is 0.115 e. The summed E-state index contributed by atoms with van der Waals surface area (Å²) in [6, 6.07) is 14.7. The molecule has 1 aliphatic rings. The number of aromatic nitrogens is 2. The second kappa shape index (κ2) is 5.98. The highest BCUT2D eigenvalue weighted by atomic mass is 79.9. The van der Waals surface area contributed by atoms with Gasteiger partial charge in [-0.2, -0.15) is 5.10 Å². The largest absolute Gasteiger partial charge is 0.508 e. The summed E-state index contributed by atoms with van der Waals surface area (Å²) in [4.78, 5) is 0. The molecule has 4 rings (SSSR count). The van der Waals surface area contributed by atoms with Gasteiger partial charge in [-0.05, 0) is 83.7 Å². The van der Waals surface area contributed by atoms with Crippen molar-refractivity contribution in [2.45, 2.75) is 25.3 Å². The van der Waals surface area contributed by atoms with E-state index in [4.69, 9.17) is 5.10 Å². The fourth-order valence-corrected chi connectivity index (χ4v) is 3.71. The maximum absolute atomic E-state index is 9.56. The van der Waals surface area contributed by atoms with Gasteiger partial charge in [0.2, 0.25) is 0 Å². The molecular weight excluding hydrogens is 368 g/mol. The van der Waals surface area contributed by atoms with Crippen LogP contribution in [0, 0.1) is 0 Å². The molecule has 0 bridgehead atoms. The van der Waals surface area contributed by atoms with E-state index < -0.39 is 0 Å². The smallest absolute Gasteiger partial charge is 0.115 e. The second-order valence-corrected chi connectivity index (χ2v) is 6.93. The lowest BCUT2D eigenvalue weighted by Crippen LogP contribution is -2.19. The first-order valence-corrected chi connectivity index (χ1v) is 8.79. The third-order valence-electron chi connectivity index (χ3n) is 4.55. The van der Waals surface area contributed by atoms with Gasteiger partial charge in [-0.25, -0.2) is 0 Å². The van der Waals surface area contributed by atoms with Crippen molar-refractivity contribution in [1.82, 2.24) is 9.78 Å².